The minimum Gasteiger partial charge on any atom is -0.356 e. The Morgan fingerprint density at radius 1 is 0.962 bits per heavy atom. The molecule has 0 spiro atoms. The van der Waals surface area contributed by atoms with Crippen LogP contribution in [-0.4, -0.2) is 4.92 Å². The first-order chi connectivity index (χ1) is 12.6. The molecule has 2 unspecified atom stereocenters. The van der Waals surface area contributed by atoms with Crippen LogP contribution < -0.4 is 5.32 Å². The Kier molecular flexibility index (Phi) is 4.44. The number of hydrogen-bond acceptors (Lipinski definition) is 4. The Hall–Kier alpha value is -2.70. The smallest absolute Gasteiger partial charge is 0.269 e. The van der Waals surface area contributed by atoms with E-state index in [-0.39, 0.29) is 11.8 Å². The van der Waals surface area contributed by atoms with E-state index in [4.69, 9.17) is 4.74 Å². The second-order valence-electron chi connectivity index (χ2n) is 6.03. The lowest BCUT2D eigenvalue weighted by Crippen LogP contribution is -2.25. The van der Waals surface area contributed by atoms with Crippen LogP contribution in [0.2, 0.25) is 0 Å². The van der Waals surface area contributed by atoms with Crippen molar-refractivity contribution in [1.82, 2.24) is 0 Å². The van der Waals surface area contributed by atoms with E-state index in [0.29, 0.717) is 0 Å². The van der Waals surface area contributed by atoms with Crippen molar-refractivity contribution < 1.29 is 9.66 Å². The number of rotatable bonds is 3. The van der Waals surface area contributed by atoms with E-state index < -0.39 is 11.2 Å². The second kappa shape index (κ2) is 6.90. The summed E-state index contributed by atoms with van der Waals surface area (Å²) in [5.74, 6) is 0. The summed E-state index contributed by atoms with van der Waals surface area (Å²) in [5.41, 5.74) is 3.99. The van der Waals surface area contributed by atoms with Crippen LogP contribution in [0.1, 0.15) is 29.0 Å². The zero-order chi connectivity index (χ0) is 18.1. The zero-order valence-electron chi connectivity index (χ0n) is 13.6. The molecule has 0 aromatic heterocycles. The Morgan fingerprint density at radius 3 is 2.38 bits per heavy atom. The number of nitro benzene ring substituents is 1. The molecule has 1 heterocycles. The van der Waals surface area contributed by atoms with Gasteiger partial charge in [0.25, 0.3) is 5.69 Å². The average molecular weight is 411 g/mol. The van der Waals surface area contributed by atoms with Gasteiger partial charge in [-0.05, 0) is 35.9 Å². The first-order valence-electron chi connectivity index (χ1n) is 8.12. The van der Waals surface area contributed by atoms with Gasteiger partial charge in [0.15, 0.2) is 6.23 Å². The number of ether oxygens (including phenoxy) is 1. The molecule has 1 N–H and O–H groups in total. The summed E-state index contributed by atoms with van der Waals surface area (Å²) in [6.07, 6.45) is -0.625. The SMILES string of the molecule is O=[N+]([O-])c1ccc(C2Nc3ccc(Br)cc3C(c3ccccc3)O2)cc1. The summed E-state index contributed by atoms with van der Waals surface area (Å²) in [7, 11) is 0. The van der Waals surface area contributed by atoms with Crippen LogP contribution in [0, 0.1) is 10.1 Å². The van der Waals surface area contributed by atoms with E-state index in [9.17, 15) is 10.1 Å². The van der Waals surface area contributed by atoms with E-state index in [0.717, 1.165) is 26.9 Å². The lowest BCUT2D eigenvalue weighted by atomic mass is 9.97. The van der Waals surface area contributed by atoms with Gasteiger partial charge >= 0.3 is 0 Å². The van der Waals surface area contributed by atoms with E-state index in [2.05, 4.69) is 21.2 Å². The van der Waals surface area contributed by atoms with Crippen LogP contribution in [0.15, 0.2) is 77.3 Å². The molecule has 2 atom stereocenters. The van der Waals surface area contributed by atoms with Gasteiger partial charge in [-0.2, -0.15) is 0 Å². The zero-order valence-corrected chi connectivity index (χ0v) is 15.2. The summed E-state index contributed by atoms with van der Waals surface area (Å²) in [6.45, 7) is 0. The molecule has 130 valence electrons. The molecule has 0 saturated carbocycles. The van der Waals surface area contributed by atoms with Gasteiger partial charge in [0.2, 0.25) is 0 Å². The molecule has 5 nitrogen and oxygen atoms in total. The maximum atomic E-state index is 10.9. The molecule has 0 aliphatic carbocycles. The molecule has 0 fully saturated rings. The number of halogens is 1. The van der Waals surface area contributed by atoms with Crippen molar-refractivity contribution in [2.45, 2.75) is 12.3 Å². The molecule has 6 heteroatoms. The number of fused-ring (bicyclic) bond motifs is 1. The summed E-state index contributed by atoms with van der Waals surface area (Å²) in [4.78, 5) is 10.5. The van der Waals surface area contributed by atoms with Gasteiger partial charge in [-0.25, -0.2) is 0 Å². The van der Waals surface area contributed by atoms with Crippen LogP contribution in [-0.2, 0) is 4.74 Å². The molecule has 0 saturated heterocycles. The topological polar surface area (TPSA) is 64.4 Å². The highest BCUT2D eigenvalue weighted by Crippen LogP contribution is 2.42. The largest absolute Gasteiger partial charge is 0.356 e. The molecule has 0 bridgehead atoms. The van der Waals surface area contributed by atoms with Crippen molar-refractivity contribution in [3.63, 3.8) is 0 Å². The van der Waals surface area contributed by atoms with Gasteiger partial charge in [0.1, 0.15) is 6.10 Å². The predicted octanol–water partition coefficient (Wildman–Crippen LogP) is 5.59. The van der Waals surface area contributed by atoms with Crippen molar-refractivity contribution in [3.8, 4) is 0 Å². The number of nitrogens with one attached hydrogen (secondary N) is 1. The number of non-ortho nitro benzene ring substituents is 1. The fourth-order valence-corrected chi connectivity index (χ4v) is 3.46. The number of nitro groups is 1. The third-order valence-electron chi connectivity index (χ3n) is 4.36. The third-order valence-corrected chi connectivity index (χ3v) is 4.86. The van der Waals surface area contributed by atoms with Crippen LogP contribution in [0.25, 0.3) is 0 Å². The Bertz CT molecular complexity index is 945. The minimum atomic E-state index is -0.404. The van der Waals surface area contributed by atoms with Crippen molar-refractivity contribution in [2.24, 2.45) is 0 Å². The van der Waals surface area contributed by atoms with Crippen molar-refractivity contribution in [2.75, 3.05) is 5.32 Å². The van der Waals surface area contributed by atoms with Crippen LogP contribution in [0.4, 0.5) is 11.4 Å². The lowest BCUT2D eigenvalue weighted by molar-refractivity contribution is -0.384. The van der Waals surface area contributed by atoms with E-state index in [1.807, 2.05) is 48.5 Å². The van der Waals surface area contributed by atoms with E-state index >= 15 is 0 Å². The Balaban J connectivity index is 1.73. The van der Waals surface area contributed by atoms with E-state index in [1.54, 1.807) is 12.1 Å². The fraction of sp³-hybridized carbons (Fsp3) is 0.100. The summed E-state index contributed by atoms with van der Waals surface area (Å²) < 4.78 is 7.32. The van der Waals surface area contributed by atoms with Crippen LogP contribution >= 0.6 is 15.9 Å². The Labute approximate surface area is 158 Å². The molecule has 0 radical (unpaired) electrons. The van der Waals surface area contributed by atoms with Gasteiger partial charge in [-0.3, -0.25) is 10.1 Å². The van der Waals surface area contributed by atoms with Crippen LogP contribution in [0.3, 0.4) is 0 Å². The summed E-state index contributed by atoms with van der Waals surface area (Å²) in [5, 5.41) is 14.3. The first-order valence-corrected chi connectivity index (χ1v) is 8.92. The first kappa shape index (κ1) is 16.8. The maximum Gasteiger partial charge on any atom is 0.269 e. The van der Waals surface area contributed by atoms with Crippen molar-refractivity contribution >= 4 is 27.3 Å². The predicted molar refractivity (Wildman–Crippen MR) is 103 cm³/mol. The summed E-state index contributed by atoms with van der Waals surface area (Å²) >= 11 is 3.52. The van der Waals surface area contributed by atoms with Crippen molar-refractivity contribution in [1.29, 1.82) is 0 Å². The minimum absolute atomic E-state index is 0.0634. The summed E-state index contributed by atoms with van der Waals surface area (Å²) in [6, 6.07) is 22.5. The third kappa shape index (κ3) is 3.21. The number of anilines is 1. The second-order valence-corrected chi connectivity index (χ2v) is 6.95. The molecule has 4 rings (SSSR count). The highest BCUT2D eigenvalue weighted by atomic mass is 79.9. The number of hydrogen-bond donors (Lipinski definition) is 1. The van der Waals surface area contributed by atoms with Gasteiger partial charge < -0.3 is 10.1 Å². The molecule has 1 aliphatic heterocycles. The molecular weight excluding hydrogens is 396 g/mol. The highest BCUT2D eigenvalue weighted by molar-refractivity contribution is 9.10. The lowest BCUT2D eigenvalue weighted by Gasteiger charge is -2.34. The molecule has 26 heavy (non-hydrogen) atoms. The quantitative estimate of drug-likeness (QED) is 0.451. The molecule has 0 amide bonds. The van der Waals surface area contributed by atoms with Gasteiger partial charge in [0, 0.05) is 33.4 Å². The number of benzene rings is 3. The van der Waals surface area contributed by atoms with Crippen molar-refractivity contribution in [3.05, 3.63) is 104 Å². The van der Waals surface area contributed by atoms with Gasteiger partial charge in [-0.1, -0.05) is 46.3 Å². The molecule has 3 aromatic rings. The monoisotopic (exact) mass is 410 g/mol. The number of nitrogens with zero attached hydrogens (tertiary/aromatic N) is 1. The fourth-order valence-electron chi connectivity index (χ4n) is 3.09. The molecule has 3 aromatic carbocycles. The van der Waals surface area contributed by atoms with Gasteiger partial charge in [0.05, 0.1) is 4.92 Å². The van der Waals surface area contributed by atoms with Gasteiger partial charge in [-0.15, -0.1) is 0 Å². The molecule has 1 aliphatic rings. The van der Waals surface area contributed by atoms with E-state index in [1.165, 1.54) is 12.1 Å². The average Bonchev–Trinajstić information content (AvgIpc) is 2.68. The molecular formula is C20H15BrN2O3. The highest BCUT2D eigenvalue weighted by Gasteiger charge is 2.29. The normalized spacial score (nSPS) is 18.7. The maximum absolute atomic E-state index is 10.9. The van der Waals surface area contributed by atoms with Crippen LogP contribution in [0.5, 0.6) is 0 Å². The standard InChI is InChI=1S/C20H15BrN2O3/c21-15-8-11-18-17(12-15)19(13-4-2-1-3-5-13)26-20(22-18)14-6-9-16(10-7-14)23(24)25/h1-12,19-20,22H. The Morgan fingerprint density at radius 2 is 1.69 bits per heavy atom.